The number of nitrogens with zero attached hydrogens (tertiary/aromatic N) is 2. The fourth-order valence-corrected chi connectivity index (χ4v) is 1.94. The summed E-state index contributed by atoms with van der Waals surface area (Å²) in [6.07, 6.45) is 3.57. The van der Waals surface area contributed by atoms with Crippen molar-refractivity contribution in [2.24, 2.45) is 0 Å². The Labute approximate surface area is 86.8 Å². The first-order valence-electron chi connectivity index (χ1n) is 4.78. The summed E-state index contributed by atoms with van der Waals surface area (Å²) in [5.74, 6) is 0.0751. The predicted octanol–water partition coefficient (Wildman–Crippen LogP) is 1.88. The van der Waals surface area contributed by atoms with E-state index in [9.17, 15) is 4.79 Å². The van der Waals surface area contributed by atoms with Gasteiger partial charge in [0.1, 0.15) is 12.0 Å². The van der Waals surface area contributed by atoms with E-state index in [1.54, 1.807) is 6.20 Å². The number of fused-ring (bicyclic) bond motifs is 3. The highest BCUT2D eigenvalue weighted by Gasteiger charge is 2.22. The molecule has 0 radical (unpaired) electrons. The molecule has 0 unspecified atom stereocenters. The van der Waals surface area contributed by atoms with E-state index in [0.717, 1.165) is 16.7 Å². The summed E-state index contributed by atoms with van der Waals surface area (Å²) in [7, 11) is 0. The maximum atomic E-state index is 11.8. The first-order chi connectivity index (χ1) is 7.36. The first-order valence-corrected chi connectivity index (χ1v) is 4.78. The molecule has 3 heteroatoms. The third-order valence-corrected chi connectivity index (χ3v) is 2.63. The van der Waals surface area contributed by atoms with Crippen molar-refractivity contribution >= 4 is 5.78 Å². The molecule has 0 N–H and O–H groups in total. The van der Waals surface area contributed by atoms with E-state index in [1.165, 1.54) is 6.33 Å². The second kappa shape index (κ2) is 2.98. The summed E-state index contributed by atoms with van der Waals surface area (Å²) in [6, 6.07) is 7.89. The van der Waals surface area contributed by atoms with Crippen LogP contribution in [0.1, 0.15) is 16.1 Å². The van der Waals surface area contributed by atoms with Gasteiger partial charge in [0, 0.05) is 18.2 Å². The number of hydrogen-bond acceptors (Lipinski definition) is 3. The summed E-state index contributed by atoms with van der Waals surface area (Å²) in [5.41, 5.74) is 3.53. The molecule has 0 saturated heterocycles. The maximum Gasteiger partial charge on any atom is 0.186 e. The average Bonchev–Trinajstić information content (AvgIpc) is 2.30. The lowest BCUT2D eigenvalue weighted by atomic mass is 9.89. The van der Waals surface area contributed by atoms with E-state index in [1.807, 2.05) is 24.3 Å². The van der Waals surface area contributed by atoms with Crippen molar-refractivity contribution in [3.8, 4) is 11.1 Å². The molecule has 0 bridgehead atoms. The van der Waals surface area contributed by atoms with Gasteiger partial charge in [-0.1, -0.05) is 24.3 Å². The van der Waals surface area contributed by atoms with Gasteiger partial charge in [-0.3, -0.25) is 4.79 Å². The Morgan fingerprint density at radius 1 is 1.13 bits per heavy atom. The molecule has 0 spiro atoms. The molecule has 1 aromatic heterocycles. The van der Waals surface area contributed by atoms with Crippen molar-refractivity contribution in [3.05, 3.63) is 48.0 Å². The van der Waals surface area contributed by atoms with Gasteiger partial charge in [0.05, 0.1) is 0 Å². The van der Waals surface area contributed by atoms with Gasteiger partial charge in [0.25, 0.3) is 0 Å². The number of carbonyl (C=O) groups excluding carboxylic acids is 1. The van der Waals surface area contributed by atoms with Crippen LogP contribution in [0.3, 0.4) is 0 Å². The minimum Gasteiger partial charge on any atom is -0.292 e. The Hall–Kier alpha value is -2.03. The van der Waals surface area contributed by atoms with Crippen LogP contribution in [-0.2, 0) is 6.42 Å². The van der Waals surface area contributed by atoms with Gasteiger partial charge < -0.3 is 0 Å². The smallest absolute Gasteiger partial charge is 0.186 e. The normalized spacial score (nSPS) is 13.2. The first kappa shape index (κ1) is 8.29. The summed E-state index contributed by atoms with van der Waals surface area (Å²) < 4.78 is 0. The van der Waals surface area contributed by atoms with Crippen LogP contribution in [0.25, 0.3) is 11.1 Å². The van der Waals surface area contributed by atoms with Gasteiger partial charge >= 0.3 is 0 Å². The summed E-state index contributed by atoms with van der Waals surface area (Å²) >= 11 is 0. The summed E-state index contributed by atoms with van der Waals surface area (Å²) in [4.78, 5) is 19.8. The molecule has 1 aromatic carbocycles. The molecule has 1 aliphatic rings. The van der Waals surface area contributed by atoms with E-state index in [0.29, 0.717) is 12.1 Å². The lowest BCUT2D eigenvalue weighted by molar-refractivity contribution is 0.0987. The van der Waals surface area contributed by atoms with Gasteiger partial charge in [-0.2, -0.15) is 0 Å². The van der Waals surface area contributed by atoms with Crippen molar-refractivity contribution in [1.29, 1.82) is 0 Å². The second-order valence-corrected chi connectivity index (χ2v) is 3.54. The molecule has 0 atom stereocenters. The van der Waals surface area contributed by atoms with Crippen molar-refractivity contribution in [2.45, 2.75) is 6.42 Å². The highest BCUT2D eigenvalue weighted by molar-refractivity contribution is 6.05. The zero-order valence-corrected chi connectivity index (χ0v) is 7.97. The zero-order valence-electron chi connectivity index (χ0n) is 7.97. The molecule has 0 amide bonds. The third-order valence-electron chi connectivity index (χ3n) is 2.63. The highest BCUT2D eigenvalue weighted by atomic mass is 16.1. The van der Waals surface area contributed by atoms with Crippen LogP contribution in [0.15, 0.2) is 36.8 Å². The van der Waals surface area contributed by atoms with E-state index in [2.05, 4.69) is 9.97 Å². The number of carbonyl (C=O) groups is 1. The standard InChI is InChI=1S/C12H8N2O/c15-11-5-8-3-1-2-4-9(8)10-6-13-7-14-12(10)11/h1-4,6-7H,5H2. The summed E-state index contributed by atoms with van der Waals surface area (Å²) in [5, 5.41) is 0. The van der Waals surface area contributed by atoms with Gasteiger partial charge in [0.15, 0.2) is 5.78 Å². The minimum atomic E-state index is 0.0751. The lowest BCUT2D eigenvalue weighted by Crippen LogP contribution is -2.14. The fourth-order valence-electron chi connectivity index (χ4n) is 1.94. The molecule has 15 heavy (non-hydrogen) atoms. The average molecular weight is 196 g/mol. The Balaban J connectivity index is 2.34. The van der Waals surface area contributed by atoms with Crippen LogP contribution in [-0.4, -0.2) is 15.8 Å². The van der Waals surface area contributed by atoms with Gasteiger partial charge in [-0.15, -0.1) is 0 Å². The Bertz CT molecular complexity index is 549. The van der Waals surface area contributed by atoms with Crippen LogP contribution in [0.4, 0.5) is 0 Å². The number of benzene rings is 1. The van der Waals surface area contributed by atoms with Gasteiger partial charge in [-0.05, 0) is 11.1 Å². The molecule has 1 aliphatic carbocycles. The predicted molar refractivity (Wildman–Crippen MR) is 55.5 cm³/mol. The van der Waals surface area contributed by atoms with E-state index >= 15 is 0 Å². The SMILES string of the molecule is O=C1Cc2ccccc2-c2cncnc21. The van der Waals surface area contributed by atoms with Crippen molar-refractivity contribution in [3.63, 3.8) is 0 Å². The number of aromatic nitrogens is 2. The molecule has 0 saturated carbocycles. The molecular weight excluding hydrogens is 188 g/mol. The second-order valence-electron chi connectivity index (χ2n) is 3.54. The van der Waals surface area contributed by atoms with Crippen LogP contribution in [0.2, 0.25) is 0 Å². The lowest BCUT2D eigenvalue weighted by Gasteiger charge is -2.16. The fraction of sp³-hybridized carbons (Fsp3) is 0.0833. The van der Waals surface area contributed by atoms with E-state index < -0.39 is 0 Å². The van der Waals surface area contributed by atoms with Crippen molar-refractivity contribution in [2.75, 3.05) is 0 Å². The van der Waals surface area contributed by atoms with E-state index in [4.69, 9.17) is 0 Å². The third kappa shape index (κ3) is 1.16. The number of Topliss-reactive ketones (excluding diaryl/α,β-unsaturated/α-hetero) is 1. The topological polar surface area (TPSA) is 42.9 Å². The Morgan fingerprint density at radius 3 is 2.93 bits per heavy atom. The maximum absolute atomic E-state index is 11.8. The van der Waals surface area contributed by atoms with Crippen molar-refractivity contribution < 1.29 is 4.79 Å². The molecule has 0 aliphatic heterocycles. The largest absolute Gasteiger partial charge is 0.292 e. The quantitative estimate of drug-likeness (QED) is 0.646. The molecule has 1 heterocycles. The Morgan fingerprint density at radius 2 is 2.00 bits per heavy atom. The van der Waals surface area contributed by atoms with Crippen LogP contribution in [0, 0.1) is 0 Å². The highest BCUT2D eigenvalue weighted by Crippen LogP contribution is 2.30. The van der Waals surface area contributed by atoms with Gasteiger partial charge in [0.2, 0.25) is 0 Å². The molecule has 2 aromatic rings. The van der Waals surface area contributed by atoms with E-state index in [-0.39, 0.29) is 5.78 Å². The van der Waals surface area contributed by atoms with Crippen LogP contribution in [0.5, 0.6) is 0 Å². The number of ketones is 1. The molecule has 3 rings (SSSR count). The monoisotopic (exact) mass is 196 g/mol. The Kier molecular flexibility index (Phi) is 1.65. The van der Waals surface area contributed by atoms with Crippen LogP contribution < -0.4 is 0 Å². The number of rotatable bonds is 0. The minimum absolute atomic E-state index is 0.0751. The summed E-state index contributed by atoms with van der Waals surface area (Å²) in [6.45, 7) is 0. The molecular formula is C12H8N2O. The van der Waals surface area contributed by atoms with Crippen molar-refractivity contribution in [1.82, 2.24) is 9.97 Å². The molecule has 3 nitrogen and oxygen atoms in total. The van der Waals surface area contributed by atoms with Gasteiger partial charge in [-0.25, -0.2) is 9.97 Å². The zero-order chi connectivity index (χ0) is 10.3. The molecule has 72 valence electrons. The van der Waals surface area contributed by atoms with Crippen LogP contribution >= 0.6 is 0 Å². The molecule has 0 fully saturated rings. The number of hydrogen-bond donors (Lipinski definition) is 0.